The number of aromatic nitrogens is 2. The Morgan fingerprint density at radius 2 is 1.94 bits per heavy atom. The van der Waals surface area contributed by atoms with E-state index in [1.165, 1.54) is 19.3 Å². The monoisotopic (exact) mass is 274 g/mol. The highest BCUT2D eigenvalue weighted by atomic mass is 35.5. The molecule has 1 aromatic heterocycles. The fourth-order valence-corrected chi connectivity index (χ4v) is 2.67. The molecule has 6 heteroatoms. The van der Waals surface area contributed by atoms with Crippen LogP contribution in [0.3, 0.4) is 0 Å². The molecule has 1 aliphatic rings. The number of nitrogens with zero attached hydrogens (tertiary/aromatic N) is 1. The summed E-state index contributed by atoms with van der Waals surface area (Å²) < 4.78 is 14.2. The Kier molecular flexibility index (Phi) is 4.22. The van der Waals surface area contributed by atoms with Gasteiger partial charge in [-0.25, -0.2) is 4.79 Å². The molecule has 0 bridgehead atoms. The van der Waals surface area contributed by atoms with Crippen molar-refractivity contribution in [2.45, 2.75) is 45.1 Å². The Morgan fingerprint density at radius 3 is 2.61 bits per heavy atom. The molecule has 0 saturated heterocycles. The average Bonchev–Trinajstić information content (AvgIpc) is 2.37. The predicted octanol–water partition coefficient (Wildman–Crippen LogP) is 2.30. The molecule has 18 heavy (non-hydrogen) atoms. The van der Waals surface area contributed by atoms with Gasteiger partial charge in [-0.15, -0.1) is 0 Å². The molecule has 1 aromatic rings. The van der Waals surface area contributed by atoms with Crippen LogP contribution in [0.5, 0.6) is 0 Å². The summed E-state index contributed by atoms with van der Waals surface area (Å²) >= 11 is 5.40. The highest BCUT2D eigenvalue weighted by Gasteiger charge is 2.16. The molecular weight excluding hydrogens is 259 g/mol. The Labute approximate surface area is 109 Å². The summed E-state index contributed by atoms with van der Waals surface area (Å²) in [6, 6.07) is 0. The van der Waals surface area contributed by atoms with Gasteiger partial charge < -0.3 is 0 Å². The first kappa shape index (κ1) is 13.3. The van der Waals surface area contributed by atoms with Crippen molar-refractivity contribution in [3.8, 4) is 0 Å². The molecule has 1 aliphatic carbocycles. The molecule has 2 rings (SSSR count). The van der Waals surface area contributed by atoms with Crippen molar-refractivity contribution in [2.24, 2.45) is 5.92 Å². The molecule has 0 spiro atoms. The van der Waals surface area contributed by atoms with Crippen LogP contribution in [0.2, 0.25) is 5.15 Å². The van der Waals surface area contributed by atoms with Crippen molar-refractivity contribution in [1.82, 2.24) is 9.55 Å². The average molecular weight is 275 g/mol. The molecule has 1 saturated carbocycles. The quantitative estimate of drug-likeness (QED) is 0.860. The van der Waals surface area contributed by atoms with Crippen molar-refractivity contribution < 1.29 is 4.39 Å². The Morgan fingerprint density at radius 1 is 1.28 bits per heavy atom. The predicted molar refractivity (Wildman–Crippen MR) is 67.5 cm³/mol. The fraction of sp³-hybridized carbons (Fsp3) is 0.667. The third-order valence-corrected chi connectivity index (χ3v) is 3.83. The third-order valence-electron chi connectivity index (χ3n) is 3.57. The van der Waals surface area contributed by atoms with Gasteiger partial charge in [0.1, 0.15) is 0 Å². The van der Waals surface area contributed by atoms with Gasteiger partial charge in [-0.2, -0.15) is 4.39 Å². The lowest BCUT2D eigenvalue weighted by atomic mass is 9.87. The number of aromatic amines is 1. The maximum Gasteiger partial charge on any atom is 0.329 e. The van der Waals surface area contributed by atoms with Crippen LogP contribution in [0.4, 0.5) is 4.39 Å². The van der Waals surface area contributed by atoms with Gasteiger partial charge in [-0.05, 0) is 12.3 Å². The molecule has 1 fully saturated rings. The van der Waals surface area contributed by atoms with E-state index in [0.29, 0.717) is 5.92 Å². The highest BCUT2D eigenvalue weighted by Crippen LogP contribution is 2.26. The second kappa shape index (κ2) is 5.69. The zero-order valence-corrected chi connectivity index (χ0v) is 10.8. The van der Waals surface area contributed by atoms with Crippen molar-refractivity contribution in [2.75, 3.05) is 0 Å². The summed E-state index contributed by atoms with van der Waals surface area (Å²) in [5, 5.41) is -0.515. The first-order chi connectivity index (χ1) is 8.59. The lowest BCUT2D eigenvalue weighted by Crippen LogP contribution is -2.37. The van der Waals surface area contributed by atoms with E-state index in [0.717, 1.165) is 23.8 Å². The van der Waals surface area contributed by atoms with Crippen LogP contribution in [0, 0.1) is 11.7 Å². The zero-order chi connectivity index (χ0) is 13.1. The molecule has 0 amide bonds. The lowest BCUT2D eigenvalue weighted by Gasteiger charge is -2.21. The molecule has 0 aromatic carbocycles. The molecule has 1 heterocycles. The van der Waals surface area contributed by atoms with Crippen LogP contribution in [-0.4, -0.2) is 9.55 Å². The Hall–Kier alpha value is -1.10. The van der Waals surface area contributed by atoms with Crippen LogP contribution in [-0.2, 0) is 6.54 Å². The van der Waals surface area contributed by atoms with E-state index >= 15 is 0 Å². The van der Waals surface area contributed by atoms with E-state index in [2.05, 4.69) is 4.98 Å². The van der Waals surface area contributed by atoms with E-state index < -0.39 is 22.2 Å². The SMILES string of the molecule is O=c1[nH]c(Cl)c(F)c(=O)n1CCC1CCCCC1. The van der Waals surface area contributed by atoms with Crippen molar-refractivity contribution in [1.29, 1.82) is 0 Å². The molecule has 0 aliphatic heterocycles. The van der Waals surface area contributed by atoms with Gasteiger partial charge in [0.15, 0.2) is 5.15 Å². The van der Waals surface area contributed by atoms with Gasteiger partial charge in [0.25, 0.3) is 5.56 Å². The minimum atomic E-state index is -1.08. The van der Waals surface area contributed by atoms with Crippen LogP contribution in [0.25, 0.3) is 0 Å². The molecular formula is C12H16ClFN2O2. The van der Waals surface area contributed by atoms with E-state index in [1.807, 2.05) is 0 Å². The summed E-state index contributed by atoms with van der Waals surface area (Å²) in [6.45, 7) is 0.257. The summed E-state index contributed by atoms with van der Waals surface area (Å²) in [5.41, 5.74) is -1.57. The second-order valence-corrected chi connectivity index (χ2v) is 5.19. The van der Waals surface area contributed by atoms with Crippen LogP contribution in [0.15, 0.2) is 9.59 Å². The molecule has 100 valence electrons. The van der Waals surface area contributed by atoms with Crippen LogP contribution < -0.4 is 11.2 Å². The minimum absolute atomic E-state index is 0.257. The van der Waals surface area contributed by atoms with Gasteiger partial charge in [-0.3, -0.25) is 14.3 Å². The minimum Gasteiger partial charge on any atom is -0.295 e. The maximum absolute atomic E-state index is 13.3. The van der Waals surface area contributed by atoms with Crippen molar-refractivity contribution >= 4 is 11.6 Å². The smallest absolute Gasteiger partial charge is 0.295 e. The normalized spacial score (nSPS) is 17.0. The first-order valence-electron chi connectivity index (χ1n) is 6.27. The fourth-order valence-electron chi connectivity index (χ4n) is 2.51. The number of hydrogen-bond acceptors (Lipinski definition) is 2. The van der Waals surface area contributed by atoms with E-state index in [4.69, 9.17) is 11.6 Å². The van der Waals surface area contributed by atoms with Crippen molar-refractivity contribution in [3.05, 3.63) is 31.8 Å². The van der Waals surface area contributed by atoms with Crippen molar-refractivity contribution in [3.63, 3.8) is 0 Å². The largest absolute Gasteiger partial charge is 0.329 e. The van der Waals surface area contributed by atoms with Gasteiger partial charge in [0.2, 0.25) is 5.82 Å². The zero-order valence-electron chi connectivity index (χ0n) is 10.0. The molecule has 0 atom stereocenters. The number of nitrogens with one attached hydrogen (secondary N) is 1. The maximum atomic E-state index is 13.3. The summed E-state index contributed by atoms with van der Waals surface area (Å²) in [5.74, 6) is -0.552. The summed E-state index contributed by atoms with van der Waals surface area (Å²) in [4.78, 5) is 25.2. The van der Waals surface area contributed by atoms with Gasteiger partial charge in [0, 0.05) is 6.54 Å². The number of H-pyrrole nitrogens is 1. The molecule has 0 unspecified atom stereocenters. The molecule has 1 N–H and O–H groups in total. The van der Waals surface area contributed by atoms with E-state index in [9.17, 15) is 14.0 Å². The Bertz CT molecular complexity index is 532. The first-order valence-corrected chi connectivity index (χ1v) is 6.65. The van der Waals surface area contributed by atoms with Gasteiger partial charge in [0.05, 0.1) is 0 Å². The number of rotatable bonds is 3. The molecule has 4 nitrogen and oxygen atoms in total. The topological polar surface area (TPSA) is 54.9 Å². The van der Waals surface area contributed by atoms with E-state index in [1.54, 1.807) is 0 Å². The highest BCUT2D eigenvalue weighted by molar-refractivity contribution is 6.29. The molecule has 0 radical (unpaired) electrons. The van der Waals surface area contributed by atoms with E-state index in [-0.39, 0.29) is 6.54 Å². The lowest BCUT2D eigenvalue weighted by molar-refractivity contribution is 0.319. The summed E-state index contributed by atoms with van der Waals surface area (Å²) in [7, 11) is 0. The number of halogens is 2. The summed E-state index contributed by atoms with van der Waals surface area (Å²) in [6.07, 6.45) is 6.65. The second-order valence-electron chi connectivity index (χ2n) is 4.81. The van der Waals surface area contributed by atoms with Crippen LogP contribution >= 0.6 is 11.6 Å². The number of hydrogen-bond donors (Lipinski definition) is 1. The third kappa shape index (κ3) is 2.83. The van der Waals surface area contributed by atoms with Gasteiger partial charge >= 0.3 is 5.69 Å². The Balaban J connectivity index is 2.12. The van der Waals surface area contributed by atoms with Crippen LogP contribution in [0.1, 0.15) is 38.5 Å². The standard InChI is InChI=1S/C12H16ClFN2O2/c13-10-9(14)11(17)16(12(18)15-10)7-6-8-4-2-1-3-5-8/h8H,1-7H2,(H,15,18). The van der Waals surface area contributed by atoms with Gasteiger partial charge in [-0.1, -0.05) is 43.7 Å².